The summed E-state index contributed by atoms with van der Waals surface area (Å²) in [4.78, 5) is 46.4. The van der Waals surface area contributed by atoms with Gasteiger partial charge < -0.3 is 20.4 Å². The Morgan fingerprint density at radius 1 is 0.486 bits per heavy atom. The van der Waals surface area contributed by atoms with Gasteiger partial charge in [-0.25, -0.2) is 0 Å². The second kappa shape index (κ2) is 13.8. The van der Waals surface area contributed by atoms with Gasteiger partial charge in [0.25, 0.3) is 0 Å². The van der Waals surface area contributed by atoms with Crippen LogP contribution in [0, 0.1) is 0 Å². The topological polar surface area (TPSA) is 156 Å². The van der Waals surface area contributed by atoms with Crippen LogP contribution in [0.4, 0.5) is 0 Å². The molecule has 2 rings (SSSR count). The zero-order valence-electron chi connectivity index (χ0n) is 19.3. The van der Waals surface area contributed by atoms with Crippen molar-refractivity contribution in [3.63, 3.8) is 0 Å². The minimum Gasteiger partial charge on any atom is -0.480 e. The van der Waals surface area contributed by atoms with Crippen molar-refractivity contribution in [2.75, 3.05) is 26.2 Å². The van der Waals surface area contributed by atoms with E-state index in [1.54, 1.807) is 0 Å². The lowest BCUT2D eigenvalue weighted by atomic mass is 10.0. The van der Waals surface area contributed by atoms with E-state index in [-0.39, 0.29) is 39.3 Å². The molecule has 10 nitrogen and oxygen atoms in total. The summed E-state index contributed by atoms with van der Waals surface area (Å²) >= 11 is 0. The Hall–Kier alpha value is -3.76. The summed E-state index contributed by atoms with van der Waals surface area (Å²) in [6.07, 6.45) is 2.56. The molecule has 4 N–H and O–H groups in total. The molecule has 0 unspecified atom stereocenters. The van der Waals surface area contributed by atoms with Gasteiger partial charge in [-0.05, 0) is 41.5 Å². The second-order valence-corrected chi connectivity index (χ2v) is 8.35. The van der Waals surface area contributed by atoms with Crippen molar-refractivity contribution in [1.82, 2.24) is 9.80 Å². The van der Waals surface area contributed by atoms with Crippen LogP contribution in [0.15, 0.2) is 48.5 Å². The van der Waals surface area contributed by atoms with Gasteiger partial charge in [-0.15, -0.1) is 0 Å². The van der Waals surface area contributed by atoms with Crippen molar-refractivity contribution in [1.29, 1.82) is 0 Å². The Balaban J connectivity index is 1.83. The maximum Gasteiger partial charge on any atom is 0.317 e. The Morgan fingerprint density at radius 2 is 0.743 bits per heavy atom. The Bertz CT molecular complexity index is 892. The predicted octanol–water partition coefficient (Wildman–Crippen LogP) is 1.80. The average molecular weight is 487 g/mol. The predicted molar refractivity (Wildman–Crippen MR) is 126 cm³/mol. The third kappa shape index (κ3) is 11.3. The van der Waals surface area contributed by atoms with Gasteiger partial charge in [0, 0.05) is 13.1 Å². The van der Waals surface area contributed by atoms with Crippen LogP contribution >= 0.6 is 0 Å². The van der Waals surface area contributed by atoms with Crippen LogP contribution in [0.25, 0.3) is 0 Å². The summed E-state index contributed by atoms with van der Waals surface area (Å²) in [5.41, 5.74) is 3.91. The molecule has 35 heavy (non-hydrogen) atoms. The molecule has 2 aromatic carbocycles. The SMILES string of the molecule is O=C(O)CN(CC(=O)O)Cc1ccc(CCCc2ccc(CN(CC(=O)O)CC(=O)O)cc2)cc1. The van der Waals surface area contributed by atoms with Gasteiger partial charge in [0.15, 0.2) is 0 Å². The third-order valence-corrected chi connectivity index (χ3v) is 5.22. The number of carboxylic acid groups (broad SMARTS) is 4. The Morgan fingerprint density at radius 3 is 1.00 bits per heavy atom. The molecule has 0 amide bonds. The number of carbonyl (C=O) groups is 4. The largest absolute Gasteiger partial charge is 0.480 e. The van der Waals surface area contributed by atoms with Crippen molar-refractivity contribution in [3.05, 3.63) is 70.8 Å². The first kappa shape index (κ1) is 27.5. The first-order valence-electron chi connectivity index (χ1n) is 11.1. The lowest BCUT2D eigenvalue weighted by Crippen LogP contribution is -2.33. The third-order valence-electron chi connectivity index (χ3n) is 5.22. The van der Waals surface area contributed by atoms with Gasteiger partial charge in [0.2, 0.25) is 0 Å². The zero-order valence-corrected chi connectivity index (χ0v) is 19.3. The van der Waals surface area contributed by atoms with Gasteiger partial charge in [-0.3, -0.25) is 29.0 Å². The maximum absolute atomic E-state index is 10.9. The first-order chi connectivity index (χ1) is 16.6. The molecule has 0 aliphatic rings. The number of carboxylic acids is 4. The lowest BCUT2D eigenvalue weighted by molar-refractivity contribution is -0.144. The van der Waals surface area contributed by atoms with Crippen LogP contribution in [-0.4, -0.2) is 80.3 Å². The minimum absolute atomic E-state index is 0.238. The Kier molecular flexibility index (Phi) is 10.9. The molecule has 0 aliphatic carbocycles. The van der Waals surface area contributed by atoms with E-state index in [9.17, 15) is 19.2 Å². The fourth-order valence-corrected chi connectivity index (χ4v) is 3.74. The highest BCUT2D eigenvalue weighted by molar-refractivity contribution is 5.73. The summed E-state index contributed by atoms with van der Waals surface area (Å²) in [6.45, 7) is -0.898. The monoisotopic (exact) mass is 486 g/mol. The van der Waals surface area contributed by atoms with E-state index < -0.39 is 23.9 Å². The molecular weight excluding hydrogens is 456 g/mol. The molecule has 10 heteroatoms. The molecule has 0 fully saturated rings. The summed E-state index contributed by atoms with van der Waals surface area (Å²) in [6, 6.07) is 15.3. The molecule has 0 saturated heterocycles. The molecule has 0 aliphatic heterocycles. The second-order valence-electron chi connectivity index (χ2n) is 8.35. The van der Waals surface area contributed by atoms with Gasteiger partial charge in [0.05, 0.1) is 26.2 Å². The van der Waals surface area contributed by atoms with Crippen LogP contribution in [0.3, 0.4) is 0 Å². The summed E-state index contributed by atoms with van der Waals surface area (Å²) in [5, 5.41) is 35.8. The summed E-state index contributed by atoms with van der Waals surface area (Å²) < 4.78 is 0. The van der Waals surface area contributed by atoms with Gasteiger partial charge in [0.1, 0.15) is 0 Å². The molecule has 0 atom stereocenters. The van der Waals surface area contributed by atoms with E-state index in [2.05, 4.69) is 0 Å². The maximum atomic E-state index is 10.9. The van der Waals surface area contributed by atoms with E-state index in [0.29, 0.717) is 0 Å². The molecule has 0 aromatic heterocycles. The van der Waals surface area contributed by atoms with Crippen molar-refractivity contribution in [2.24, 2.45) is 0 Å². The number of rotatable bonds is 16. The summed E-state index contributed by atoms with van der Waals surface area (Å²) in [5.74, 6) is -4.30. The molecular formula is C25H30N2O8. The van der Waals surface area contributed by atoms with Crippen molar-refractivity contribution < 1.29 is 39.6 Å². The van der Waals surface area contributed by atoms with E-state index in [0.717, 1.165) is 41.5 Å². The Labute approximate surface area is 203 Å². The molecule has 2 aromatic rings. The average Bonchev–Trinajstić information content (AvgIpc) is 2.74. The number of hydrogen-bond donors (Lipinski definition) is 4. The fraction of sp³-hybridized carbons (Fsp3) is 0.360. The quantitative estimate of drug-likeness (QED) is 0.276. The van der Waals surface area contributed by atoms with Crippen LogP contribution in [0.1, 0.15) is 28.7 Å². The molecule has 0 saturated carbocycles. The van der Waals surface area contributed by atoms with Crippen LogP contribution in [0.2, 0.25) is 0 Å². The van der Waals surface area contributed by atoms with E-state index in [4.69, 9.17) is 20.4 Å². The number of aliphatic carboxylic acids is 4. The van der Waals surface area contributed by atoms with E-state index in [1.807, 2.05) is 48.5 Å². The van der Waals surface area contributed by atoms with Gasteiger partial charge >= 0.3 is 23.9 Å². The highest BCUT2D eigenvalue weighted by Gasteiger charge is 2.15. The summed E-state index contributed by atoms with van der Waals surface area (Å²) in [7, 11) is 0. The van der Waals surface area contributed by atoms with Crippen LogP contribution < -0.4 is 0 Å². The van der Waals surface area contributed by atoms with E-state index >= 15 is 0 Å². The highest BCUT2D eigenvalue weighted by Crippen LogP contribution is 2.13. The molecule has 0 bridgehead atoms. The normalized spacial score (nSPS) is 11.0. The minimum atomic E-state index is -1.08. The van der Waals surface area contributed by atoms with Crippen molar-refractivity contribution >= 4 is 23.9 Å². The van der Waals surface area contributed by atoms with Crippen LogP contribution in [-0.2, 0) is 45.1 Å². The highest BCUT2D eigenvalue weighted by atomic mass is 16.4. The smallest absolute Gasteiger partial charge is 0.317 e. The van der Waals surface area contributed by atoms with E-state index in [1.165, 1.54) is 9.80 Å². The molecule has 188 valence electrons. The fourth-order valence-electron chi connectivity index (χ4n) is 3.74. The van der Waals surface area contributed by atoms with Gasteiger partial charge in [-0.2, -0.15) is 0 Å². The number of aryl methyl sites for hydroxylation is 2. The molecule has 0 radical (unpaired) electrons. The number of benzene rings is 2. The molecule has 0 spiro atoms. The number of nitrogens with zero attached hydrogens (tertiary/aromatic N) is 2. The van der Waals surface area contributed by atoms with Crippen molar-refractivity contribution in [2.45, 2.75) is 32.4 Å². The lowest BCUT2D eigenvalue weighted by Gasteiger charge is -2.18. The van der Waals surface area contributed by atoms with Crippen LogP contribution in [0.5, 0.6) is 0 Å². The standard InChI is InChI=1S/C25H30N2O8/c28-22(29)14-26(15-23(30)31)12-20-8-4-18(5-9-20)2-1-3-19-6-10-21(11-7-19)13-27(16-24(32)33)17-25(34)35/h4-11H,1-3,12-17H2,(H,28,29)(H,30,31)(H,32,33)(H,34,35). The van der Waals surface area contributed by atoms with Gasteiger partial charge in [-0.1, -0.05) is 48.5 Å². The van der Waals surface area contributed by atoms with Crippen molar-refractivity contribution in [3.8, 4) is 0 Å². The number of hydrogen-bond acceptors (Lipinski definition) is 6. The first-order valence-corrected chi connectivity index (χ1v) is 11.1. The zero-order chi connectivity index (χ0) is 25.8. The molecule has 0 heterocycles.